The van der Waals surface area contributed by atoms with Crippen molar-refractivity contribution in [1.29, 1.82) is 0 Å². The van der Waals surface area contributed by atoms with E-state index in [9.17, 15) is 4.79 Å². The fourth-order valence-corrected chi connectivity index (χ4v) is 1.25. The molecule has 0 aromatic carbocycles. The summed E-state index contributed by atoms with van der Waals surface area (Å²) < 4.78 is 0. The highest BCUT2D eigenvalue weighted by Crippen LogP contribution is 2.09. The largest absolute Gasteiger partial charge is 0.355 e. The molecule has 2 aromatic heterocycles. The summed E-state index contributed by atoms with van der Waals surface area (Å²) in [6.07, 6.45) is 1.78. The van der Waals surface area contributed by atoms with Crippen molar-refractivity contribution >= 4 is 11.0 Å². The van der Waals surface area contributed by atoms with Crippen LogP contribution in [0.15, 0.2) is 11.0 Å². The smallest absolute Gasteiger partial charge is 0.275 e. The molecule has 0 aliphatic carbocycles. The standard InChI is InChI=1S/C8H9N3O/c1-4-3-9-7-6(4)10-5(2)11-8(7)12/h3,9H,1-2H3,(H,10,11,12). The Morgan fingerprint density at radius 1 is 1.42 bits per heavy atom. The van der Waals surface area contributed by atoms with Gasteiger partial charge in [0.15, 0.2) is 0 Å². The topological polar surface area (TPSA) is 61.5 Å². The Balaban J connectivity index is 3.03. The van der Waals surface area contributed by atoms with Crippen LogP contribution in [-0.4, -0.2) is 15.0 Å². The number of hydrogen-bond donors (Lipinski definition) is 2. The molecule has 62 valence electrons. The quantitative estimate of drug-likeness (QED) is 0.605. The normalized spacial score (nSPS) is 10.8. The molecule has 0 atom stereocenters. The number of rotatable bonds is 0. The van der Waals surface area contributed by atoms with Gasteiger partial charge in [-0.2, -0.15) is 0 Å². The molecule has 0 fully saturated rings. The van der Waals surface area contributed by atoms with Crippen molar-refractivity contribution < 1.29 is 0 Å². The Morgan fingerprint density at radius 2 is 2.17 bits per heavy atom. The number of aromatic amines is 2. The molecule has 12 heavy (non-hydrogen) atoms. The Hall–Kier alpha value is -1.58. The van der Waals surface area contributed by atoms with Crippen LogP contribution in [0.5, 0.6) is 0 Å². The first-order chi connectivity index (χ1) is 5.68. The molecule has 0 radical (unpaired) electrons. The van der Waals surface area contributed by atoms with Gasteiger partial charge in [0.25, 0.3) is 5.56 Å². The molecular formula is C8H9N3O. The van der Waals surface area contributed by atoms with E-state index >= 15 is 0 Å². The van der Waals surface area contributed by atoms with Crippen molar-refractivity contribution in [2.24, 2.45) is 0 Å². The second-order valence-electron chi connectivity index (χ2n) is 2.85. The maximum Gasteiger partial charge on any atom is 0.275 e. The van der Waals surface area contributed by atoms with Crippen molar-refractivity contribution in [2.45, 2.75) is 13.8 Å². The number of H-pyrrole nitrogens is 2. The molecule has 0 bridgehead atoms. The zero-order chi connectivity index (χ0) is 8.72. The third-order valence-electron chi connectivity index (χ3n) is 1.84. The zero-order valence-electron chi connectivity index (χ0n) is 6.93. The van der Waals surface area contributed by atoms with Crippen molar-refractivity contribution in [3.63, 3.8) is 0 Å². The first kappa shape index (κ1) is 7.09. The van der Waals surface area contributed by atoms with Crippen LogP contribution in [0.4, 0.5) is 0 Å². The Kier molecular flexibility index (Phi) is 1.30. The van der Waals surface area contributed by atoms with E-state index < -0.39 is 0 Å². The molecule has 2 rings (SSSR count). The molecule has 2 aromatic rings. The SMILES string of the molecule is Cc1nc2c(C)c[nH]c2c(=O)[nH]1. The molecule has 0 amide bonds. The molecule has 0 saturated heterocycles. The highest BCUT2D eigenvalue weighted by atomic mass is 16.1. The van der Waals surface area contributed by atoms with Crippen LogP contribution in [0, 0.1) is 13.8 Å². The third-order valence-corrected chi connectivity index (χ3v) is 1.84. The number of fused-ring (bicyclic) bond motifs is 1. The Morgan fingerprint density at radius 3 is 2.92 bits per heavy atom. The lowest BCUT2D eigenvalue weighted by Gasteiger charge is -1.92. The summed E-state index contributed by atoms with van der Waals surface area (Å²) >= 11 is 0. The molecule has 2 N–H and O–H groups in total. The van der Waals surface area contributed by atoms with Gasteiger partial charge < -0.3 is 9.97 Å². The number of nitrogens with one attached hydrogen (secondary N) is 2. The van der Waals surface area contributed by atoms with Crippen LogP contribution < -0.4 is 5.56 Å². The van der Waals surface area contributed by atoms with Crippen molar-refractivity contribution in [1.82, 2.24) is 15.0 Å². The van der Waals surface area contributed by atoms with E-state index in [0.717, 1.165) is 11.1 Å². The van der Waals surface area contributed by atoms with Gasteiger partial charge in [0.2, 0.25) is 0 Å². The maximum atomic E-state index is 11.3. The van der Waals surface area contributed by atoms with E-state index in [-0.39, 0.29) is 5.56 Å². The molecule has 0 unspecified atom stereocenters. The van der Waals surface area contributed by atoms with Gasteiger partial charge in [0.1, 0.15) is 11.3 Å². The number of hydrogen-bond acceptors (Lipinski definition) is 2. The minimum absolute atomic E-state index is 0.106. The van der Waals surface area contributed by atoms with Crippen molar-refractivity contribution in [3.8, 4) is 0 Å². The summed E-state index contributed by atoms with van der Waals surface area (Å²) in [6.45, 7) is 3.69. The minimum Gasteiger partial charge on any atom is -0.355 e. The molecule has 4 nitrogen and oxygen atoms in total. The molecule has 0 aliphatic rings. The van der Waals surface area contributed by atoms with Gasteiger partial charge in [-0.1, -0.05) is 0 Å². The summed E-state index contributed by atoms with van der Waals surface area (Å²) in [7, 11) is 0. The Bertz CT molecular complexity index is 480. The second kappa shape index (κ2) is 2.20. The fourth-order valence-electron chi connectivity index (χ4n) is 1.25. The predicted octanol–water partition coefficient (Wildman–Crippen LogP) is 0.868. The lowest BCUT2D eigenvalue weighted by molar-refractivity contribution is 1.05. The molecule has 2 heterocycles. The average Bonchev–Trinajstić information content (AvgIpc) is 2.33. The highest BCUT2D eigenvalue weighted by molar-refractivity contribution is 5.77. The first-order valence-electron chi connectivity index (χ1n) is 3.73. The monoisotopic (exact) mass is 163 g/mol. The number of aromatic nitrogens is 3. The van der Waals surface area contributed by atoms with Gasteiger partial charge >= 0.3 is 0 Å². The van der Waals surface area contributed by atoms with E-state index in [0.29, 0.717) is 11.3 Å². The van der Waals surface area contributed by atoms with Crippen LogP contribution in [-0.2, 0) is 0 Å². The van der Waals surface area contributed by atoms with Gasteiger partial charge in [-0.05, 0) is 19.4 Å². The summed E-state index contributed by atoms with van der Waals surface area (Å²) in [5.41, 5.74) is 2.21. The Labute approximate surface area is 68.7 Å². The highest BCUT2D eigenvalue weighted by Gasteiger charge is 2.04. The van der Waals surface area contributed by atoms with Crippen molar-refractivity contribution in [3.05, 3.63) is 27.9 Å². The molecular weight excluding hydrogens is 154 g/mol. The first-order valence-corrected chi connectivity index (χ1v) is 3.73. The zero-order valence-corrected chi connectivity index (χ0v) is 6.93. The predicted molar refractivity (Wildman–Crippen MR) is 46.2 cm³/mol. The summed E-state index contributed by atoms with van der Waals surface area (Å²) in [6, 6.07) is 0. The van der Waals surface area contributed by atoms with Crippen LogP contribution >= 0.6 is 0 Å². The van der Waals surface area contributed by atoms with Gasteiger partial charge in [-0.15, -0.1) is 0 Å². The fraction of sp³-hybridized carbons (Fsp3) is 0.250. The van der Waals surface area contributed by atoms with E-state index in [1.807, 2.05) is 6.92 Å². The molecule has 4 heteroatoms. The summed E-state index contributed by atoms with van der Waals surface area (Å²) in [4.78, 5) is 21.0. The third kappa shape index (κ3) is 0.845. The van der Waals surface area contributed by atoms with Gasteiger partial charge in [-0.3, -0.25) is 4.79 Å². The van der Waals surface area contributed by atoms with Crippen molar-refractivity contribution in [2.75, 3.05) is 0 Å². The average molecular weight is 163 g/mol. The van der Waals surface area contributed by atoms with Gasteiger partial charge in [0, 0.05) is 6.20 Å². The van der Waals surface area contributed by atoms with Gasteiger partial charge in [-0.25, -0.2) is 4.98 Å². The molecule has 0 spiro atoms. The minimum atomic E-state index is -0.106. The lowest BCUT2D eigenvalue weighted by Crippen LogP contribution is -2.09. The van der Waals surface area contributed by atoms with E-state index in [1.165, 1.54) is 0 Å². The number of nitrogens with zero attached hydrogens (tertiary/aromatic N) is 1. The van der Waals surface area contributed by atoms with Crippen LogP contribution in [0.1, 0.15) is 11.4 Å². The molecule has 0 saturated carbocycles. The second-order valence-corrected chi connectivity index (χ2v) is 2.85. The van der Waals surface area contributed by atoms with Crippen LogP contribution in [0.2, 0.25) is 0 Å². The van der Waals surface area contributed by atoms with E-state index in [4.69, 9.17) is 0 Å². The van der Waals surface area contributed by atoms with E-state index in [1.54, 1.807) is 13.1 Å². The van der Waals surface area contributed by atoms with Crippen LogP contribution in [0.25, 0.3) is 11.0 Å². The lowest BCUT2D eigenvalue weighted by atomic mass is 10.3. The molecule has 0 aliphatic heterocycles. The summed E-state index contributed by atoms with van der Waals surface area (Å²) in [5.74, 6) is 0.648. The maximum absolute atomic E-state index is 11.3. The summed E-state index contributed by atoms with van der Waals surface area (Å²) in [5, 5.41) is 0. The van der Waals surface area contributed by atoms with Crippen LogP contribution in [0.3, 0.4) is 0 Å². The van der Waals surface area contributed by atoms with E-state index in [2.05, 4.69) is 15.0 Å². The number of aryl methyl sites for hydroxylation is 2. The van der Waals surface area contributed by atoms with Gasteiger partial charge in [0.05, 0.1) is 5.52 Å².